The lowest BCUT2D eigenvalue weighted by atomic mass is 10.2. The minimum atomic E-state index is -3.74. The highest BCUT2D eigenvalue weighted by molar-refractivity contribution is 7.89. The van der Waals surface area contributed by atoms with Crippen LogP contribution in [0.2, 0.25) is 0 Å². The van der Waals surface area contributed by atoms with E-state index in [9.17, 15) is 13.2 Å². The number of hydrogen-bond donors (Lipinski definition) is 1. The monoisotopic (exact) mass is 266 g/mol. The fraction of sp³-hybridized carbons (Fsp3) is 0.333. The van der Waals surface area contributed by atoms with Crippen LogP contribution in [0.1, 0.15) is 25.0 Å². The molecule has 96 valence electrons. The Morgan fingerprint density at radius 1 is 1.44 bits per heavy atom. The molecule has 0 fully saturated rings. The summed E-state index contributed by atoms with van der Waals surface area (Å²) in [6, 6.07) is 5.45. The van der Waals surface area contributed by atoms with E-state index in [2.05, 4.69) is 4.72 Å². The van der Waals surface area contributed by atoms with Crippen LogP contribution in [0.15, 0.2) is 23.1 Å². The lowest BCUT2D eigenvalue weighted by Crippen LogP contribution is -2.37. The van der Waals surface area contributed by atoms with Crippen LogP contribution in [0.3, 0.4) is 0 Å². The minimum absolute atomic E-state index is 0.0783. The third-order valence-electron chi connectivity index (χ3n) is 2.54. The van der Waals surface area contributed by atoms with Gasteiger partial charge in [0, 0.05) is 0 Å². The number of hydrogen-bond acceptors (Lipinski definition) is 4. The Labute approximate surface area is 106 Å². The van der Waals surface area contributed by atoms with Crippen LogP contribution in [-0.4, -0.2) is 20.2 Å². The maximum absolute atomic E-state index is 12.0. The Hall–Kier alpha value is -1.71. The molecule has 1 rings (SSSR count). The zero-order valence-electron chi connectivity index (χ0n) is 10.4. The summed E-state index contributed by atoms with van der Waals surface area (Å²) in [5.41, 5.74) is 0.864. The maximum Gasteiger partial charge on any atom is 0.241 e. The highest BCUT2D eigenvalue weighted by atomic mass is 32.2. The van der Waals surface area contributed by atoms with Crippen molar-refractivity contribution in [2.45, 2.75) is 31.7 Å². The third kappa shape index (κ3) is 3.15. The number of nitriles is 1. The van der Waals surface area contributed by atoms with Crippen molar-refractivity contribution in [3.8, 4) is 6.07 Å². The van der Waals surface area contributed by atoms with Gasteiger partial charge in [-0.25, -0.2) is 13.1 Å². The molecule has 1 aromatic carbocycles. The maximum atomic E-state index is 12.0. The number of nitrogens with zero attached hydrogens (tertiary/aromatic N) is 1. The summed E-state index contributed by atoms with van der Waals surface area (Å²) in [7, 11) is -3.74. The lowest BCUT2D eigenvalue weighted by molar-refractivity contribution is -0.118. The van der Waals surface area contributed by atoms with Gasteiger partial charge in [-0.3, -0.25) is 4.79 Å². The van der Waals surface area contributed by atoms with Crippen molar-refractivity contribution >= 4 is 15.8 Å². The Morgan fingerprint density at radius 2 is 2.06 bits per heavy atom. The van der Waals surface area contributed by atoms with E-state index >= 15 is 0 Å². The molecule has 6 heteroatoms. The van der Waals surface area contributed by atoms with Crippen LogP contribution in [-0.2, 0) is 14.8 Å². The first kappa shape index (κ1) is 14.4. The molecule has 1 atom stereocenters. The zero-order chi connectivity index (χ0) is 13.9. The normalized spacial score (nSPS) is 12.8. The van der Waals surface area contributed by atoms with Gasteiger partial charge in [-0.05, 0) is 44.5 Å². The summed E-state index contributed by atoms with van der Waals surface area (Å²) in [5, 5.41) is 8.71. The lowest BCUT2D eigenvalue weighted by Gasteiger charge is -2.13. The van der Waals surface area contributed by atoms with E-state index in [1.54, 1.807) is 6.92 Å². The van der Waals surface area contributed by atoms with Crippen molar-refractivity contribution in [2.24, 2.45) is 0 Å². The molecule has 0 spiro atoms. The van der Waals surface area contributed by atoms with E-state index in [1.807, 2.05) is 6.07 Å². The minimum Gasteiger partial charge on any atom is -0.298 e. The average molecular weight is 266 g/mol. The van der Waals surface area contributed by atoms with Gasteiger partial charge < -0.3 is 0 Å². The summed E-state index contributed by atoms with van der Waals surface area (Å²) >= 11 is 0. The average Bonchev–Trinajstić information content (AvgIpc) is 2.27. The molecule has 1 aromatic rings. The van der Waals surface area contributed by atoms with E-state index in [0.29, 0.717) is 11.1 Å². The SMILES string of the molecule is CC(=O)C(C)NS(=O)(=O)c1ccc(C#N)cc1C. The molecule has 5 nitrogen and oxygen atoms in total. The van der Waals surface area contributed by atoms with Gasteiger partial charge in [0.05, 0.1) is 22.6 Å². The number of nitrogens with one attached hydrogen (secondary N) is 1. The first-order valence-electron chi connectivity index (χ1n) is 5.31. The molecule has 1 N–H and O–H groups in total. The predicted molar refractivity (Wildman–Crippen MR) is 66.4 cm³/mol. The summed E-state index contributed by atoms with van der Waals surface area (Å²) < 4.78 is 26.3. The summed E-state index contributed by atoms with van der Waals surface area (Å²) in [4.78, 5) is 11.1. The summed E-state index contributed by atoms with van der Waals surface area (Å²) in [6.45, 7) is 4.41. The second-order valence-corrected chi connectivity index (χ2v) is 5.73. The first-order chi connectivity index (χ1) is 8.27. The van der Waals surface area contributed by atoms with Crippen molar-refractivity contribution in [2.75, 3.05) is 0 Å². The summed E-state index contributed by atoms with van der Waals surface area (Å²) in [6.07, 6.45) is 0. The van der Waals surface area contributed by atoms with Gasteiger partial charge in [-0.1, -0.05) is 0 Å². The van der Waals surface area contributed by atoms with Gasteiger partial charge in [-0.15, -0.1) is 0 Å². The standard InChI is InChI=1S/C12H14N2O3S/c1-8-6-11(7-13)4-5-12(8)18(16,17)14-9(2)10(3)15/h4-6,9,14H,1-3H3. The van der Waals surface area contributed by atoms with Crippen LogP contribution in [0.4, 0.5) is 0 Å². The molecular formula is C12H14N2O3S. The zero-order valence-corrected chi connectivity index (χ0v) is 11.2. The predicted octanol–water partition coefficient (Wildman–Crippen LogP) is 1.12. The number of carbonyl (C=O) groups excluding carboxylic acids is 1. The van der Waals surface area contributed by atoms with Gasteiger partial charge in [0.15, 0.2) is 0 Å². The van der Waals surface area contributed by atoms with Gasteiger partial charge >= 0.3 is 0 Å². The molecule has 0 saturated heterocycles. The van der Waals surface area contributed by atoms with E-state index in [0.717, 1.165) is 0 Å². The molecule has 0 saturated carbocycles. The second kappa shape index (κ2) is 5.29. The van der Waals surface area contributed by atoms with Crippen molar-refractivity contribution in [3.63, 3.8) is 0 Å². The molecule has 0 aromatic heterocycles. The third-order valence-corrected chi connectivity index (χ3v) is 4.24. The smallest absolute Gasteiger partial charge is 0.241 e. The van der Waals surface area contributed by atoms with Crippen molar-refractivity contribution in [1.82, 2.24) is 4.72 Å². The van der Waals surface area contributed by atoms with Crippen LogP contribution >= 0.6 is 0 Å². The van der Waals surface area contributed by atoms with Gasteiger partial charge in [0.1, 0.15) is 5.78 Å². The largest absolute Gasteiger partial charge is 0.298 e. The Kier molecular flexibility index (Phi) is 4.22. The van der Waals surface area contributed by atoms with Crippen molar-refractivity contribution in [3.05, 3.63) is 29.3 Å². The molecule has 0 aliphatic heterocycles. The highest BCUT2D eigenvalue weighted by Gasteiger charge is 2.21. The molecular weight excluding hydrogens is 252 g/mol. The number of rotatable bonds is 4. The molecule has 0 aliphatic carbocycles. The van der Waals surface area contributed by atoms with E-state index in [-0.39, 0.29) is 10.7 Å². The van der Waals surface area contributed by atoms with Gasteiger partial charge in [-0.2, -0.15) is 5.26 Å². The number of carbonyl (C=O) groups is 1. The Morgan fingerprint density at radius 3 is 2.50 bits per heavy atom. The first-order valence-corrected chi connectivity index (χ1v) is 6.80. The molecule has 0 bridgehead atoms. The number of Topliss-reactive ketones (excluding diaryl/α,β-unsaturated/α-hetero) is 1. The second-order valence-electron chi connectivity index (χ2n) is 4.05. The highest BCUT2D eigenvalue weighted by Crippen LogP contribution is 2.16. The molecule has 0 radical (unpaired) electrons. The Bertz CT molecular complexity index is 615. The number of aryl methyl sites for hydroxylation is 1. The fourth-order valence-electron chi connectivity index (χ4n) is 1.40. The number of benzene rings is 1. The van der Waals surface area contributed by atoms with Crippen LogP contribution in [0, 0.1) is 18.3 Å². The number of sulfonamides is 1. The van der Waals surface area contributed by atoms with Crippen LogP contribution in [0.5, 0.6) is 0 Å². The molecule has 1 unspecified atom stereocenters. The van der Waals surface area contributed by atoms with Crippen LogP contribution in [0.25, 0.3) is 0 Å². The van der Waals surface area contributed by atoms with E-state index < -0.39 is 16.1 Å². The topological polar surface area (TPSA) is 87.0 Å². The molecule has 0 heterocycles. The quantitative estimate of drug-likeness (QED) is 0.884. The van der Waals surface area contributed by atoms with Gasteiger partial charge in [0.2, 0.25) is 10.0 Å². The van der Waals surface area contributed by atoms with Crippen molar-refractivity contribution in [1.29, 1.82) is 5.26 Å². The molecule has 0 aliphatic rings. The number of ketones is 1. The molecule has 18 heavy (non-hydrogen) atoms. The Balaban J connectivity index is 3.14. The van der Waals surface area contributed by atoms with Crippen molar-refractivity contribution < 1.29 is 13.2 Å². The summed E-state index contributed by atoms with van der Waals surface area (Å²) in [5.74, 6) is -0.259. The van der Waals surface area contributed by atoms with E-state index in [1.165, 1.54) is 32.0 Å². The van der Waals surface area contributed by atoms with E-state index in [4.69, 9.17) is 5.26 Å². The van der Waals surface area contributed by atoms with Crippen LogP contribution < -0.4 is 4.72 Å². The fourth-order valence-corrected chi connectivity index (χ4v) is 2.89. The van der Waals surface area contributed by atoms with Gasteiger partial charge in [0.25, 0.3) is 0 Å². The molecule has 0 amide bonds.